The SMILES string of the molecule is COc1cccc2ccoc(=O)c12. The Bertz CT molecular complexity index is 479. The van der Waals surface area contributed by atoms with Crippen molar-refractivity contribution in [3.8, 4) is 5.75 Å². The van der Waals surface area contributed by atoms with Crippen LogP contribution in [0.3, 0.4) is 0 Å². The molecule has 0 saturated carbocycles. The summed E-state index contributed by atoms with van der Waals surface area (Å²) in [6, 6.07) is 7.15. The van der Waals surface area contributed by atoms with E-state index in [0.717, 1.165) is 5.39 Å². The van der Waals surface area contributed by atoms with Gasteiger partial charge in [0.25, 0.3) is 0 Å². The summed E-state index contributed by atoms with van der Waals surface area (Å²) in [4.78, 5) is 11.3. The molecule has 1 aromatic heterocycles. The molecule has 2 rings (SSSR count). The number of methoxy groups -OCH3 is 1. The Hall–Kier alpha value is -1.77. The van der Waals surface area contributed by atoms with Gasteiger partial charge in [-0.15, -0.1) is 0 Å². The van der Waals surface area contributed by atoms with Crippen LogP contribution < -0.4 is 10.4 Å². The van der Waals surface area contributed by atoms with Crippen LogP contribution in [-0.2, 0) is 0 Å². The van der Waals surface area contributed by atoms with E-state index >= 15 is 0 Å². The fraction of sp³-hybridized carbons (Fsp3) is 0.100. The number of hydrogen-bond acceptors (Lipinski definition) is 3. The zero-order valence-electron chi connectivity index (χ0n) is 7.11. The van der Waals surface area contributed by atoms with Crippen LogP contribution in [0.15, 0.2) is 39.7 Å². The highest BCUT2D eigenvalue weighted by atomic mass is 16.5. The van der Waals surface area contributed by atoms with Gasteiger partial charge in [-0.25, -0.2) is 4.79 Å². The number of rotatable bonds is 1. The maximum atomic E-state index is 11.3. The molecule has 2 aromatic rings. The van der Waals surface area contributed by atoms with Crippen LogP contribution >= 0.6 is 0 Å². The number of benzene rings is 1. The molecule has 0 fully saturated rings. The molecular formula is C10H8O3. The van der Waals surface area contributed by atoms with Gasteiger partial charge < -0.3 is 9.15 Å². The largest absolute Gasteiger partial charge is 0.496 e. The van der Waals surface area contributed by atoms with Gasteiger partial charge >= 0.3 is 5.63 Å². The molecule has 1 heterocycles. The smallest absolute Gasteiger partial charge is 0.347 e. The summed E-state index contributed by atoms with van der Waals surface area (Å²) in [5.41, 5.74) is -0.366. The van der Waals surface area contributed by atoms with Gasteiger partial charge in [0.1, 0.15) is 11.1 Å². The third-order valence-corrected chi connectivity index (χ3v) is 1.91. The van der Waals surface area contributed by atoms with Crippen molar-refractivity contribution in [2.45, 2.75) is 0 Å². The van der Waals surface area contributed by atoms with Crippen molar-refractivity contribution in [2.24, 2.45) is 0 Å². The second kappa shape index (κ2) is 2.94. The molecule has 0 N–H and O–H groups in total. The van der Waals surface area contributed by atoms with E-state index in [9.17, 15) is 4.79 Å². The first kappa shape index (κ1) is 7.86. The Morgan fingerprint density at radius 3 is 2.92 bits per heavy atom. The minimum Gasteiger partial charge on any atom is -0.496 e. The maximum Gasteiger partial charge on any atom is 0.347 e. The van der Waals surface area contributed by atoms with Gasteiger partial charge in [-0.05, 0) is 17.5 Å². The summed E-state index contributed by atoms with van der Waals surface area (Å²) in [5.74, 6) is 0.548. The van der Waals surface area contributed by atoms with Gasteiger partial charge in [-0.2, -0.15) is 0 Å². The first-order valence-corrected chi connectivity index (χ1v) is 3.87. The molecule has 0 radical (unpaired) electrons. The molecule has 66 valence electrons. The van der Waals surface area contributed by atoms with Crippen molar-refractivity contribution in [1.29, 1.82) is 0 Å². The van der Waals surface area contributed by atoms with Gasteiger partial charge in [0, 0.05) is 0 Å². The molecular weight excluding hydrogens is 168 g/mol. The van der Waals surface area contributed by atoms with Crippen LogP contribution in [0.1, 0.15) is 0 Å². The van der Waals surface area contributed by atoms with Crippen molar-refractivity contribution in [2.75, 3.05) is 7.11 Å². The van der Waals surface area contributed by atoms with E-state index in [0.29, 0.717) is 11.1 Å². The van der Waals surface area contributed by atoms with E-state index in [4.69, 9.17) is 9.15 Å². The molecule has 0 unspecified atom stereocenters. The van der Waals surface area contributed by atoms with Crippen molar-refractivity contribution >= 4 is 10.8 Å². The average Bonchev–Trinajstić information content (AvgIpc) is 2.17. The summed E-state index contributed by atoms with van der Waals surface area (Å²) in [5, 5.41) is 1.32. The Kier molecular flexibility index (Phi) is 1.77. The molecule has 1 aromatic carbocycles. The summed E-state index contributed by atoms with van der Waals surface area (Å²) in [6.07, 6.45) is 1.38. The summed E-state index contributed by atoms with van der Waals surface area (Å²) < 4.78 is 9.80. The van der Waals surface area contributed by atoms with Crippen LogP contribution in [0.25, 0.3) is 10.8 Å². The molecule has 0 aliphatic carbocycles. The standard InChI is InChI=1S/C10H8O3/c1-12-8-4-2-3-7-5-6-13-10(11)9(7)8/h2-6H,1H3. The highest BCUT2D eigenvalue weighted by Gasteiger charge is 2.04. The minimum absolute atomic E-state index is 0.366. The van der Waals surface area contributed by atoms with Gasteiger partial charge in [-0.3, -0.25) is 0 Å². The van der Waals surface area contributed by atoms with Crippen LogP contribution in [0.4, 0.5) is 0 Å². The second-order valence-corrected chi connectivity index (χ2v) is 2.63. The number of fused-ring (bicyclic) bond motifs is 1. The molecule has 0 amide bonds. The lowest BCUT2D eigenvalue weighted by Crippen LogP contribution is -2.00. The predicted octanol–water partition coefficient (Wildman–Crippen LogP) is 1.80. The fourth-order valence-electron chi connectivity index (χ4n) is 1.30. The van der Waals surface area contributed by atoms with Crippen LogP contribution in [0, 0.1) is 0 Å². The first-order valence-electron chi connectivity index (χ1n) is 3.87. The summed E-state index contributed by atoms with van der Waals surface area (Å²) in [7, 11) is 1.53. The average molecular weight is 176 g/mol. The highest BCUT2D eigenvalue weighted by Crippen LogP contribution is 2.20. The summed E-state index contributed by atoms with van der Waals surface area (Å²) >= 11 is 0. The summed E-state index contributed by atoms with van der Waals surface area (Å²) in [6.45, 7) is 0. The molecule has 3 heteroatoms. The third kappa shape index (κ3) is 1.18. The fourth-order valence-corrected chi connectivity index (χ4v) is 1.30. The second-order valence-electron chi connectivity index (χ2n) is 2.63. The van der Waals surface area contributed by atoms with Crippen molar-refractivity contribution in [3.63, 3.8) is 0 Å². The van der Waals surface area contributed by atoms with E-state index in [-0.39, 0.29) is 5.63 Å². The topological polar surface area (TPSA) is 39.4 Å². The van der Waals surface area contributed by atoms with E-state index in [1.54, 1.807) is 12.1 Å². The van der Waals surface area contributed by atoms with Crippen LogP contribution in [0.2, 0.25) is 0 Å². The zero-order chi connectivity index (χ0) is 9.26. The molecule has 0 saturated heterocycles. The molecule has 0 bridgehead atoms. The lowest BCUT2D eigenvalue weighted by atomic mass is 10.2. The Morgan fingerprint density at radius 2 is 2.15 bits per heavy atom. The lowest BCUT2D eigenvalue weighted by molar-refractivity contribution is 0.417. The molecule has 0 aliphatic rings. The maximum absolute atomic E-state index is 11.3. The Labute approximate surface area is 74.6 Å². The third-order valence-electron chi connectivity index (χ3n) is 1.91. The number of ether oxygens (including phenoxy) is 1. The molecule has 0 aliphatic heterocycles. The Morgan fingerprint density at radius 1 is 1.31 bits per heavy atom. The van der Waals surface area contributed by atoms with Crippen LogP contribution in [0.5, 0.6) is 5.75 Å². The molecule has 0 atom stereocenters. The number of hydrogen-bond donors (Lipinski definition) is 0. The lowest BCUT2D eigenvalue weighted by Gasteiger charge is -2.01. The van der Waals surface area contributed by atoms with Gasteiger partial charge in [0.2, 0.25) is 0 Å². The van der Waals surface area contributed by atoms with E-state index in [1.807, 2.05) is 12.1 Å². The van der Waals surface area contributed by atoms with Gasteiger partial charge in [0.15, 0.2) is 0 Å². The van der Waals surface area contributed by atoms with E-state index < -0.39 is 0 Å². The molecule has 13 heavy (non-hydrogen) atoms. The van der Waals surface area contributed by atoms with E-state index in [2.05, 4.69) is 0 Å². The molecule has 3 nitrogen and oxygen atoms in total. The quantitative estimate of drug-likeness (QED) is 0.665. The minimum atomic E-state index is -0.366. The Balaban J connectivity index is 2.95. The van der Waals surface area contributed by atoms with Crippen molar-refractivity contribution in [1.82, 2.24) is 0 Å². The zero-order valence-corrected chi connectivity index (χ0v) is 7.11. The predicted molar refractivity (Wildman–Crippen MR) is 49.0 cm³/mol. The van der Waals surface area contributed by atoms with Crippen molar-refractivity contribution < 1.29 is 9.15 Å². The first-order chi connectivity index (χ1) is 6.33. The van der Waals surface area contributed by atoms with Gasteiger partial charge in [-0.1, -0.05) is 12.1 Å². The monoisotopic (exact) mass is 176 g/mol. The van der Waals surface area contributed by atoms with Gasteiger partial charge in [0.05, 0.1) is 13.4 Å². The molecule has 0 spiro atoms. The van der Waals surface area contributed by atoms with Crippen molar-refractivity contribution in [3.05, 3.63) is 40.9 Å². The van der Waals surface area contributed by atoms with E-state index in [1.165, 1.54) is 13.4 Å². The normalized spacial score (nSPS) is 10.2. The highest BCUT2D eigenvalue weighted by molar-refractivity contribution is 5.86. The van der Waals surface area contributed by atoms with Crippen LogP contribution in [-0.4, -0.2) is 7.11 Å².